The van der Waals surface area contributed by atoms with Crippen LogP contribution in [0.5, 0.6) is 0 Å². The largest absolute Gasteiger partial charge is 0.376 e. The molecule has 1 atom stereocenters. The molecule has 1 fully saturated rings. The minimum Gasteiger partial charge on any atom is -0.376 e. The maximum Gasteiger partial charge on any atom is 0.253 e. The molecule has 0 aliphatic carbocycles. The number of nitrogens with one attached hydrogen (secondary N) is 3. The van der Waals surface area contributed by atoms with E-state index in [0.717, 1.165) is 18.4 Å². The van der Waals surface area contributed by atoms with Gasteiger partial charge in [0.1, 0.15) is 0 Å². The first-order chi connectivity index (χ1) is 14.8. The molecule has 1 unspecified atom stereocenters. The standard InChI is InChI=1S/C22H27N3O5S/c1-16-8-10-18(11-9-16)31(28,29)24-13-12-21(26)25-20-7-3-2-6-19(20)22(27)23-15-17-5-4-14-30-17/h2-3,6-11,17,24H,4-5,12-15H2,1H3,(H,23,27)(H,25,26). The van der Waals surface area contributed by atoms with Crippen molar-refractivity contribution < 1.29 is 22.7 Å². The minimum absolute atomic E-state index is 0.0206. The number of carbonyl (C=O) groups excluding carboxylic acids is 2. The van der Waals surface area contributed by atoms with Crippen molar-refractivity contribution in [3.8, 4) is 0 Å². The van der Waals surface area contributed by atoms with Gasteiger partial charge in [-0.3, -0.25) is 9.59 Å². The molecule has 0 radical (unpaired) electrons. The number of benzene rings is 2. The van der Waals surface area contributed by atoms with Crippen molar-refractivity contribution in [1.82, 2.24) is 10.0 Å². The summed E-state index contributed by atoms with van der Waals surface area (Å²) in [6, 6.07) is 13.1. The van der Waals surface area contributed by atoms with Crippen molar-refractivity contribution in [1.29, 1.82) is 0 Å². The van der Waals surface area contributed by atoms with Gasteiger partial charge in [-0.25, -0.2) is 13.1 Å². The summed E-state index contributed by atoms with van der Waals surface area (Å²) in [5, 5.41) is 5.52. The summed E-state index contributed by atoms with van der Waals surface area (Å²) < 4.78 is 32.5. The van der Waals surface area contributed by atoms with E-state index in [1.165, 1.54) is 12.1 Å². The van der Waals surface area contributed by atoms with Crippen LogP contribution in [-0.2, 0) is 19.6 Å². The van der Waals surface area contributed by atoms with E-state index in [1.807, 2.05) is 6.92 Å². The maximum atomic E-state index is 12.5. The average Bonchev–Trinajstić information content (AvgIpc) is 3.26. The fourth-order valence-corrected chi connectivity index (χ4v) is 4.24. The van der Waals surface area contributed by atoms with E-state index in [0.29, 0.717) is 24.4 Å². The van der Waals surface area contributed by atoms with Crippen LogP contribution in [0.15, 0.2) is 53.4 Å². The number of carbonyl (C=O) groups is 2. The SMILES string of the molecule is Cc1ccc(S(=O)(=O)NCCC(=O)Nc2ccccc2C(=O)NCC2CCCO2)cc1. The number of sulfonamides is 1. The second kappa shape index (κ2) is 10.5. The number of hydrogen-bond acceptors (Lipinski definition) is 5. The van der Waals surface area contributed by atoms with Crippen molar-refractivity contribution in [2.45, 2.75) is 37.2 Å². The lowest BCUT2D eigenvalue weighted by Gasteiger charge is -2.14. The van der Waals surface area contributed by atoms with E-state index in [4.69, 9.17) is 4.74 Å². The zero-order valence-electron chi connectivity index (χ0n) is 17.4. The van der Waals surface area contributed by atoms with Crippen molar-refractivity contribution in [3.05, 3.63) is 59.7 Å². The van der Waals surface area contributed by atoms with Gasteiger partial charge in [0, 0.05) is 26.1 Å². The predicted octanol–water partition coefficient (Wildman–Crippen LogP) is 2.21. The smallest absolute Gasteiger partial charge is 0.253 e. The molecule has 2 amide bonds. The lowest BCUT2D eigenvalue weighted by atomic mass is 10.1. The van der Waals surface area contributed by atoms with Gasteiger partial charge < -0.3 is 15.4 Å². The Morgan fingerprint density at radius 3 is 2.55 bits per heavy atom. The molecule has 3 rings (SSSR count). The Bertz CT molecular complexity index is 1020. The summed E-state index contributed by atoms with van der Waals surface area (Å²) in [6.07, 6.45) is 1.85. The molecule has 3 N–H and O–H groups in total. The van der Waals surface area contributed by atoms with Crippen LogP contribution in [0.4, 0.5) is 5.69 Å². The molecule has 1 aliphatic heterocycles. The minimum atomic E-state index is -3.69. The molecule has 1 heterocycles. The highest BCUT2D eigenvalue weighted by molar-refractivity contribution is 7.89. The highest BCUT2D eigenvalue weighted by atomic mass is 32.2. The molecule has 166 valence electrons. The zero-order valence-corrected chi connectivity index (χ0v) is 18.2. The Labute approximate surface area is 182 Å². The fraction of sp³-hybridized carbons (Fsp3) is 0.364. The number of aryl methyl sites for hydroxylation is 1. The number of hydrogen-bond donors (Lipinski definition) is 3. The van der Waals surface area contributed by atoms with Gasteiger partial charge in [-0.05, 0) is 44.0 Å². The second-order valence-corrected chi connectivity index (χ2v) is 9.17. The maximum absolute atomic E-state index is 12.5. The van der Waals surface area contributed by atoms with Crippen LogP contribution in [0.25, 0.3) is 0 Å². The molecule has 1 aliphatic rings. The van der Waals surface area contributed by atoms with Crippen LogP contribution in [0.1, 0.15) is 35.2 Å². The van der Waals surface area contributed by atoms with E-state index in [1.54, 1.807) is 36.4 Å². The Hall–Kier alpha value is -2.75. The Balaban J connectivity index is 1.52. The third kappa shape index (κ3) is 6.61. The Kier molecular flexibility index (Phi) is 7.78. The molecule has 9 heteroatoms. The van der Waals surface area contributed by atoms with E-state index < -0.39 is 15.9 Å². The highest BCUT2D eigenvalue weighted by Gasteiger charge is 2.19. The molecule has 0 spiro atoms. The van der Waals surface area contributed by atoms with Gasteiger partial charge in [-0.1, -0.05) is 29.8 Å². The van der Waals surface area contributed by atoms with Gasteiger partial charge in [0.2, 0.25) is 15.9 Å². The molecule has 0 bridgehead atoms. The van der Waals surface area contributed by atoms with E-state index in [2.05, 4.69) is 15.4 Å². The fourth-order valence-electron chi connectivity index (χ4n) is 3.21. The van der Waals surface area contributed by atoms with E-state index in [9.17, 15) is 18.0 Å². The molecule has 8 nitrogen and oxygen atoms in total. The first kappa shape index (κ1) is 22.9. The molecular weight excluding hydrogens is 418 g/mol. The first-order valence-corrected chi connectivity index (χ1v) is 11.7. The number of ether oxygens (including phenoxy) is 1. The number of para-hydroxylation sites is 1. The van der Waals surface area contributed by atoms with E-state index >= 15 is 0 Å². The van der Waals surface area contributed by atoms with Crippen LogP contribution >= 0.6 is 0 Å². The van der Waals surface area contributed by atoms with Crippen LogP contribution in [0, 0.1) is 6.92 Å². The second-order valence-electron chi connectivity index (χ2n) is 7.40. The molecule has 0 saturated carbocycles. The summed E-state index contributed by atoms with van der Waals surface area (Å²) in [4.78, 5) is 25.0. The first-order valence-electron chi connectivity index (χ1n) is 10.2. The summed E-state index contributed by atoms with van der Waals surface area (Å²) in [7, 11) is -3.69. The summed E-state index contributed by atoms with van der Waals surface area (Å²) in [6.45, 7) is 2.94. The van der Waals surface area contributed by atoms with Gasteiger partial charge in [-0.2, -0.15) is 0 Å². The van der Waals surface area contributed by atoms with Gasteiger partial charge in [0.25, 0.3) is 5.91 Å². The normalized spacial score (nSPS) is 16.1. The summed E-state index contributed by atoms with van der Waals surface area (Å²) >= 11 is 0. The van der Waals surface area contributed by atoms with Gasteiger partial charge in [0.15, 0.2) is 0 Å². The van der Waals surface area contributed by atoms with Crippen molar-refractivity contribution in [2.75, 3.05) is 25.0 Å². The number of rotatable bonds is 9. The zero-order chi connectivity index (χ0) is 22.3. The molecule has 2 aromatic rings. The van der Waals surface area contributed by atoms with Gasteiger partial charge in [0.05, 0.1) is 22.3 Å². The summed E-state index contributed by atoms with van der Waals surface area (Å²) in [5.74, 6) is -0.697. The predicted molar refractivity (Wildman–Crippen MR) is 117 cm³/mol. The molecule has 1 saturated heterocycles. The summed E-state index contributed by atoms with van der Waals surface area (Å²) in [5.41, 5.74) is 1.67. The van der Waals surface area contributed by atoms with Crippen LogP contribution in [0.3, 0.4) is 0 Å². The molecular formula is C22H27N3O5S. The third-order valence-corrected chi connectivity index (χ3v) is 6.41. The van der Waals surface area contributed by atoms with Crippen molar-refractivity contribution in [2.24, 2.45) is 0 Å². The average molecular weight is 446 g/mol. The van der Waals surface area contributed by atoms with Gasteiger partial charge >= 0.3 is 0 Å². The number of anilines is 1. The monoisotopic (exact) mass is 445 g/mol. The third-order valence-electron chi connectivity index (χ3n) is 4.94. The van der Waals surface area contributed by atoms with Crippen LogP contribution in [-0.4, -0.2) is 46.0 Å². The lowest BCUT2D eigenvalue weighted by Crippen LogP contribution is -2.32. The number of amides is 2. The van der Waals surface area contributed by atoms with Crippen LogP contribution in [0.2, 0.25) is 0 Å². The molecule has 0 aromatic heterocycles. The Morgan fingerprint density at radius 2 is 1.84 bits per heavy atom. The Morgan fingerprint density at radius 1 is 1.10 bits per heavy atom. The lowest BCUT2D eigenvalue weighted by molar-refractivity contribution is -0.116. The highest BCUT2D eigenvalue weighted by Crippen LogP contribution is 2.16. The quantitative estimate of drug-likeness (QED) is 0.548. The molecule has 31 heavy (non-hydrogen) atoms. The van der Waals surface area contributed by atoms with E-state index in [-0.39, 0.29) is 29.9 Å². The van der Waals surface area contributed by atoms with Crippen molar-refractivity contribution in [3.63, 3.8) is 0 Å². The topological polar surface area (TPSA) is 114 Å². The molecule has 2 aromatic carbocycles. The van der Waals surface area contributed by atoms with Crippen LogP contribution < -0.4 is 15.4 Å². The van der Waals surface area contributed by atoms with Crippen molar-refractivity contribution >= 4 is 27.5 Å². The van der Waals surface area contributed by atoms with Gasteiger partial charge in [-0.15, -0.1) is 0 Å².